The fourth-order valence-electron chi connectivity index (χ4n) is 2.18. The van der Waals surface area contributed by atoms with E-state index in [9.17, 15) is 5.11 Å². The molecule has 0 bridgehead atoms. The van der Waals surface area contributed by atoms with E-state index in [-0.39, 0.29) is 5.75 Å². The van der Waals surface area contributed by atoms with Gasteiger partial charge in [0.05, 0.1) is 0 Å². The zero-order chi connectivity index (χ0) is 12.1. The van der Waals surface area contributed by atoms with E-state index in [1.165, 1.54) is 31.2 Å². The minimum absolute atomic E-state index is 0.276. The van der Waals surface area contributed by atoms with Crippen LogP contribution in [-0.4, -0.2) is 10.1 Å². The minimum Gasteiger partial charge on any atom is -0.506 e. The second kappa shape index (κ2) is 5.67. The third-order valence-corrected chi connectivity index (χ3v) is 3.14. The number of rotatable bonds is 5. The predicted molar refractivity (Wildman–Crippen MR) is 71.3 cm³/mol. The molecule has 0 saturated heterocycles. The Morgan fingerprint density at radius 3 is 2.82 bits per heavy atom. The summed E-state index contributed by atoms with van der Waals surface area (Å²) in [4.78, 5) is 4.24. The summed E-state index contributed by atoms with van der Waals surface area (Å²) in [5, 5.41) is 10.8. The molecule has 0 amide bonds. The number of aromatic hydroxyl groups is 1. The quantitative estimate of drug-likeness (QED) is 0.784. The van der Waals surface area contributed by atoms with Crippen LogP contribution in [0.1, 0.15) is 38.2 Å². The van der Waals surface area contributed by atoms with Gasteiger partial charge in [-0.1, -0.05) is 38.3 Å². The average Bonchev–Trinajstić information content (AvgIpc) is 2.37. The van der Waals surface area contributed by atoms with Gasteiger partial charge in [0.15, 0.2) is 0 Å². The Bertz CT molecular complexity index is 493. The fraction of sp³-hybridized carbons (Fsp3) is 0.400. The van der Waals surface area contributed by atoms with Crippen molar-refractivity contribution in [2.75, 3.05) is 0 Å². The van der Waals surface area contributed by atoms with Crippen molar-refractivity contribution in [1.82, 2.24) is 4.98 Å². The molecule has 0 unspecified atom stereocenters. The van der Waals surface area contributed by atoms with Crippen LogP contribution >= 0.6 is 0 Å². The van der Waals surface area contributed by atoms with Gasteiger partial charge in [-0.05, 0) is 30.5 Å². The summed E-state index contributed by atoms with van der Waals surface area (Å²) in [7, 11) is 0. The molecule has 0 saturated carbocycles. The third kappa shape index (κ3) is 2.76. The van der Waals surface area contributed by atoms with Gasteiger partial charge in [0, 0.05) is 11.6 Å². The number of phenols is 1. The Morgan fingerprint density at radius 1 is 1.12 bits per heavy atom. The Labute approximate surface area is 102 Å². The molecular weight excluding hydrogens is 210 g/mol. The fourth-order valence-corrected chi connectivity index (χ4v) is 2.18. The number of nitrogens with zero attached hydrogens (tertiary/aromatic N) is 1. The van der Waals surface area contributed by atoms with Gasteiger partial charge in [0.25, 0.3) is 0 Å². The van der Waals surface area contributed by atoms with Gasteiger partial charge < -0.3 is 5.11 Å². The van der Waals surface area contributed by atoms with Crippen LogP contribution in [0.4, 0.5) is 0 Å². The maximum Gasteiger partial charge on any atom is 0.141 e. The summed E-state index contributed by atoms with van der Waals surface area (Å²) >= 11 is 0. The molecule has 0 spiro atoms. The summed E-state index contributed by atoms with van der Waals surface area (Å²) in [5.41, 5.74) is 2.02. The number of hydrogen-bond donors (Lipinski definition) is 1. The van der Waals surface area contributed by atoms with E-state index in [1.54, 1.807) is 12.3 Å². The van der Waals surface area contributed by atoms with Gasteiger partial charge in [-0.25, -0.2) is 0 Å². The number of benzene rings is 1. The maximum absolute atomic E-state index is 9.74. The van der Waals surface area contributed by atoms with Crippen molar-refractivity contribution in [3.8, 4) is 5.75 Å². The number of phenolic OH excluding ortho intramolecular Hbond substituents is 1. The Balaban J connectivity index is 2.20. The Kier molecular flexibility index (Phi) is 3.97. The zero-order valence-corrected chi connectivity index (χ0v) is 10.3. The standard InChI is InChI=1S/C15H19NO/c1-2-3-4-5-7-12-9-10-14(17)15-13(12)8-6-11-16-15/h6,8-11,17H,2-5,7H2,1H3. The molecule has 0 fully saturated rings. The van der Waals surface area contributed by atoms with Crippen LogP contribution in [-0.2, 0) is 6.42 Å². The molecule has 0 atom stereocenters. The van der Waals surface area contributed by atoms with Crippen molar-refractivity contribution in [1.29, 1.82) is 0 Å². The molecule has 17 heavy (non-hydrogen) atoms. The smallest absolute Gasteiger partial charge is 0.141 e. The largest absolute Gasteiger partial charge is 0.506 e. The number of unbranched alkanes of at least 4 members (excludes halogenated alkanes) is 3. The highest BCUT2D eigenvalue weighted by molar-refractivity contribution is 5.87. The van der Waals surface area contributed by atoms with E-state index in [4.69, 9.17) is 0 Å². The molecular formula is C15H19NO. The lowest BCUT2D eigenvalue weighted by atomic mass is 10.0. The van der Waals surface area contributed by atoms with Crippen molar-refractivity contribution >= 4 is 10.9 Å². The van der Waals surface area contributed by atoms with Crippen LogP contribution in [0, 0.1) is 0 Å². The molecule has 2 nitrogen and oxygen atoms in total. The summed E-state index contributed by atoms with van der Waals surface area (Å²) < 4.78 is 0. The first-order valence-electron chi connectivity index (χ1n) is 6.38. The normalized spacial score (nSPS) is 10.9. The predicted octanol–water partition coefficient (Wildman–Crippen LogP) is 4.06. The second-order valence-corrected chi connectivity index (χ2v) is 4.45. The monoisotopic (exact) mass is 229 g/mol. The first-order valence-corrected chi connectivity index (χ1v) is 6.38. The highest BCUT2D eigenvalue weighted by atomic mass is 16.3. The highest BCUT2D eigenvalue weighted by Gasteiger charge is 2.05. The van der Waals surface area contributed by atoms with E-state index in [0.29, 0.717) is 0 Å². The minimum atomic E-state index is 0.276. The SMILES string of the molecule is CCCCCCc1ccc(O)c2ncccc12. The lowest BCUT2D eigenvalue weighted by Crippen LogP contribution is -1.89. The van der Waals surface area contributed by atoms with E-state index in [2.05, 4.69) is 11.9 Å². The molecule has 1 heterocycles. The first-order chi connectivity index (χ1) is 8.33. The van der Waals surface area contributed by atoms with E-state index in [0.717, 1.165) is 17.3 Å². The van der Waals surface area contributed by atoms with Crippen LogP contribution in [0.25, 0.3) is 10.9 Å². The molecule has 1 N–H and O–H groups in total. The van der Waals surface area contributed by atoms with Gasteiger partial charge in [0.1, 0.15) is 11.3 Å². The Morgan fingerprint density at radius 2 is 2.00 bits per heavy atom. The second-order valence-electron chi connectivity index (χ2n) is 4.45. The molecule has 2 rings (SSSR count). The van der Waals surface area contributed by atoms with E-state index < -0.39 is 0 Å². The van der Waals surface area contributed by atoms with Gasteiger partial charge >= 0.3 is 0 Å². The van der Waals surface area contributed by atoms with E-state index >= 15 is 0 Å². The number of aryl methyl sites for hydroxylation is 1. The maximum atomic E-state index is 9.74. The molecule has 0 aliphatic carbocycles. The molecule has 0 radical (unpaired) electrons. The summed E-state index contributed by atoms with van der Waals surface area (Å²) in [5.74, 6) is 0.276. The number of hydrogen-bond acceptors (Lipinski definition) is 2. The van der Waals surface area contributed by atoms with E-state index in [1.807, 2.05) is 18.2 Å². The third-order valence-electron chi connectivity index (χ3n) is 3.14. The average molecular weight is 229 g/mol. The van der Waals surface area contributed by atoms with Crippen LogP contribution < -0.4 is 0 Å². The van der Waals surface area contributed by atoms with Gasteiger partial charge in [-0.15, -0.1) is 0 Å². The highest BCUT2D eigenvalue weighted by Crippen LogP contribution is 2.26. The number of aromatic nitrogens is 1. The van der Waals surface area contributed by atoms with Gasteiger partial charge in [0.2, 0.25) is 0 Å². The Hall–Kier alpha value is -1.57. The van der Waals surface area contributed by atoms with Gasteiger partial charge in [-0.3, -0.25) is 4.98 Å². The van der Waals surface area contributed by atoms with Crippen molar-refractivity contribution in [2.45, 2.75) is 39.0 Å². The number of fused-ring (bicyclic) bond motifs is 1. The molecule has 0 aliphatic rings. The zero-order valence-electron chi connectivity index (χ0n) is 10.3. The van der Waals surface area contributed by atoms with Crippen LogP contribution in [0.5, 0.6) is 5.75 Å². The van der Waals surface area contributed by atoms with Crippen LogP contribution in [0.15, 0.2) is 30.5 Å². The molecule has 1 aromatic carbocycles. The van der Waals surface area contributed by atoms with Crippen molar-refractivity contribution in [2.24, 2.45) is 0 Å². The van der Waals surface area contributed by atoms with Crippen molar-refractivity contribution in [3.63, 3.8) is 0 Å². The topological polar surface area (TPSA) is 33.1 Å². The summed E-state index contributed by atoms with van der Waals surface area (Å²) in [6.45, 7) is 2.22. The summed E-state index contributed by atoms with van der Waals surface area (Å²) in [6.07, 6.45) is 7.85. The molecule has 90 valence electrons. The lowest BCUT2D eigenvalue weighted by molar-refractivity contribution is 0.480. The van der Waals surface area contributed by atoms with Crippen LogP contribution in [0.3, 0.4) is 0 Å². The molecule has 1 aromatic heterocycles. The summed E-state index contributed by atoms with van der Waals surface area (Å²) in [6, 6.07) is 7.74. The lowest BCUT2D eigenvalue weighted by Gasteiger charge is -2.07. The van der Waals surface area contributed by atoms with Crippen molar-refractivity contribution < 1.29 is 5.11 Å². The molecule has 2 aromatic rings. The molecule has 2 heteroatoms. The van der Waals surface area contributed by atoms with Gasteiger partial charge in [-0.2, -0.15) is 0 Å². The number of pyridine rings is 1. The molecule has 0 aliphatic heterocycles. The van der Waals surface area contributed by atoms with Crippen molar-refractivity contribution in [3.05, 3.63) is 36.0 Å². The first kappa shape index (κ1) is 11.9. The van der Waals surface area contributed by atoms with Crippen LogP contribution in [0.2, 0.25) is 0 Å².